The summed E-state index contributed by atoms with van der Waals surface area (Å²) in [7, 11) is 7.53. The molecule has 0 saturated carbocycles. The first-order chi connectivity index (χ1) is 45.7. The van der Waals surface area contributed by atoms with E-state index < -0.39 is 26.1 Å². The summed E-state index contributed by atoms with van der Waals surface area (Å²) >= 11 is 0. The second-order valence-corrected chi connectivity index (χ2v) is 32.7. The number of hydrogen-bond acceptors (Lipinski definition) is 10. The highest BCUT2D eigenvalue weighted by atomic mass is 31.2. The Labute approximate surface area is 587 Å². The Morgan fingerprint density at radius 3 is 0.642 bits per heavy atom. The number of nitrogens with one attached hydrogen (secondary N) is 3. The normalized spacial score (nSPS) is 13.9. The summed E-state index contributed by atoms with van der Waals surface area (Å²) in [5.74, 6) is 0.240. The molecule has 0 aromatic heterocycles. The van der Waals surface area contributed by atoms with Crippen molar-refractivity contribution in [2.24, 2.45) is 0 Å². The summed E-state index contributed by atoms with van der Waals surface area (Å²) in [6, 6.07) is 0. The molecule has 3 unspecified atom stereocenters. The quantitative estimate of drug-likeness (QED) is 0.0194. The van der Waals surface area contributed by atoms with Crippen LogP contribution in [0.25, 0.3) is 0 Å². The van der Waals surface area contributed by atoms with Gasteiger partial charge in [0.05, 0.1) is 81.7 Å². The molecule has 0 aliphatic rings. The minimum Gasteiger partial charge on any atom is -0.385 e. The number of likely N-dealkylation sites (N-methyl/N-ethyl adjacent to an activating group) is 3. The number of rotatable bonds is 75. The zero-order valence-corrected chi connectivity index (χ0v) is 65.2. The number of nitrogens with zero attached hydrogens (tertiary/aromatic N) is 3. The van der Waals surface area contributed by atoms with Crippen LogP contribution >= 0.6 is 7.82 Å². The molecular formula is C78H162N6O10P+3. The van der Waals surface area contributed by atoms with Crippen LogP contribution in [0.5, 0.6) is 0 Å². The first-order valence-electron chi connectivity index (χ1n) is 40.5. The number of phosphoric ester groups is 1. The molecule has 0 rings (SSSR count). The molecule has 95 heavy (non-hydrogen) atoms. The fourth-order valence-corrected chi connectivity index (χ4v) is 14.5. The van der Waals surface area contributed by atoms with Crippen LogP contribution in [0.4, 0.5) is 0 Å². The van der Waals surface area contributed by atoms with Gasteiger partial charge in [0.2, 0.25) is 17.7 Å². The number of amides is 3. The summed E-state index contributed by atoms with van der Waals surface area (Å²) in [5.41, 5.74) is 0. The van der Waals surface area contributed by atoms with Crippen LogP contribution in [0, 0.1) is 0 Å². The molecule has 3 amide bonds. The molecular weight excluding hydrogens is 1210 g/mol. The summed E-state index contributed by atoms with van der Waals surface area (Å²) < 4.78 is 33.1. The predicted octanol–water partition coefficient (Wildman–Crippen LogP) is 17.8. The molecule has 0 aliphatic carbocycles. The number of aliphatic hydroxyl groups excluding tert-OH is 3. The van der Waals surface area contributed by atoms with E-state index in [2.05, 4.69) is 36.7 Å². The average Bonchev–Trinajstić information content (AvgIpc) is 1.01. The second-order valence-electron chi connectivity index (χ2n) is 31.0. The minimum atomic E-state index is -4.42. The lowest BCUT2D eigenvalue weighted by Gasteiger charge is -2.33. The van der Waals surface area contributed by atoms with Gasteiger partial charge in [-0.1, -0.05) is 290 Å². The van der Waals surface area contributed by atoms with Crippen LogP contribution in [-0.2, 0) is 32.5 Å². The van der Waals surface area contributed by atoms with E-state index in [0.29, 0.717) is 72.0 Å². The molecule has 3 atom stereocenters. The number of carbonyl (C=O) groups excluding carboxylic acids is 3. The molecule has 0 fully saturated rings. The van der Waals surface area contributed by atoms with Gasteiger partial charge >= 0.3 is 7.82 Å². The van der Waals surface area contributed by atoms with Crippen molar-refractivity contribution in [3.63, 3.8) is 0 Å². The molecule has 0 saturated heterocycles. The van der Waals surface area contributed by atoms with Crippen LogP contribution in [0.3, 0.4) is 0 Å². The lowest BCUT2D eigenvalue weighted by Crippen LogP contribution is -2.48. The Morgan fingerprint density at radius 2 is 0.463 bits per heavy atom. The van der Waals surface area contributed by atoms with Crippen molar-refractivity contribution in [2.75, 3.05) is 121 Å². The topological polar surface area (TPSA) is 193 Å². The number of phosphoric acid groups is 1. The first kappa shape index (κ1) is 93.3. The maximum absolute atomic E-state index is 14.4. The molecule has 0 spiro atoms. The summed E-state index contributed by atoms with van der Waals surface area (Å²) in [6.07, 6.45) is 58.8. The Kier molecular flexibility index (Phi) is 63.2. The summed E-state index contributed by atoms with van der Waals surface area (Å²) in [5, 5.41) is 43.0. The largest absolute Gasteiger partial charge is 0.475 e. The molecule has 0 aliphatic heterocycles. The fraction of sp³-hybridized carbons (Fsp3) is 0.962. The van der Waals surface area contributed by atoms with E-state index >= 15 is 0 Å². The van der Waals surface area contributed by atoms with Gasteiger partial charge in [-0.3, -0.25) is 28.0 Å². The van der Waals surface area contributed by atoms with Gasteiger partial charge < -0.3 is 44.7 Å². The molecule has 0 heterocycles. The molecule has 16 nitrogen and oxygen atoms in total. The number of unbranched alkanes of at least 4 members (excludes halogenated alkanes) is 42. The fourth-order valence-electron chi connectivity index (χ4n) is 13.2. The Morgan fingerprint density at radius 1 is 0.295 bits per heavy atom. The lowest BCUT2D eigenvalue weighted by atomic mass is 10.0. The molecule has 0 aromatic rings. The smallest absolute Gasteiger partial charge is 0.385 e. The first-order valence-corrected chi connectivity index (χ1v) is 42.0. The van der Waals surface area contributed by atoms with E-state index in [1.165, 1.54) is 250 Å². The van der Waals surface area contributed by atoms with Crippen LogP contribution in [-0.4, -0.2) is 186 Å². The van der Waals surface area contributed by atoms with Crippen molar-refractivity contribution >= 4 is 25.5 Å². The van der Waals surface area contributed by atoms with Gasteiger partial charge in [0.15, 0.2) is 0 Å². The molecule has 0 aromatic carbocycles. The van der Waals surface area contributed by atoms with E-state index in [9.17, 15) is 34.3 Å². The third-order valence-corrected chi connectivity index (χ3v) is 20.6. The SMILES string of the molecule is CCCCCCCCCCCCCCCCCC(=O)NCCC[N+](C)(C)CC(O)COP(=O)(OCC(O)C[N+](C)(C)CCCNC(=O)CCCCCCCCCCCCCCCCC)OCC(O)C[N+](C)(C)CCCNC(=O)CCCCCCCCCCCCCCCCC. The Bertz CT molecular complexity index is 1580. The van der Waals surface area contributed by atoms with Gasteiger partial charge in [0.1, 0.15) is 37.9 Å². The zero-order valence-electron chi connectivity index (χ0n) is 64.3. The Balaban J connectivity index is 5.01. The van der Waals surface area contributed by atoms with Gasteiger partial charge in [-0.25, -0.2) is 4.57 Å². The van der Waals surface area contributed by atoms with Crippen molar-refractivity contribution < 1.29 is 61.3 Å². The minimum absolute atomic E-state index is 0.0801. The van der Waals surface area contributed by atoms with E-state index in [0.717, 1.165) is 57.8 Å². The third-order valence-electron chi connectivity index (χ3n) is 19.2. The van der Waals surface area contributed by atoms with Crippen molar-refractivity contribution in [3.8, 4) is 0 Å². The van der Waals surface area contributed by atoms with Crippen molar-refractivity contribution in [2.45, 2.75) is 367 Å². The van der Waals surface area contributed by atoms with Crippen LogP contribution in [0.1, 0.15) is 348 Å². The van der Waals surface area contributed by atoms with E-state index in [4.69, 9.17) is 13.6 Å². The number of aliphatic hydroxyl groups is 3. The standard InChI is InChI=1S/C78H159N6O10P/c1-10-13-16-19-22-25-28-31-34-37-40-43-46-49-52-58-76(88)79-61-55-64-82(4,5)67-73(85)70-92-95(91,93-71-74(86)68-83(6,7)65-56-62-80-77(89)59-53-50-47-44-41-38-35-32-29-26-23-20-17-14-11-2)94-72-75(87)69-84(8,9)66-57-63-81-78(90)60-54-51-48-45-42-39-36-33-30-27-24-21-18-15-12-3/h73-75,85-87H,10-72H2,1-9H3/p+3. The van der Waals surface area contributed by atoms with Crippen LogP contribution in [0.15, 0.2) is 0 Å². The van der Waals surface area contributed by atoms with Crippen molar-refractivity contribution in [1.82, 2.24) is 16.0 Å². The molecule has 0 radical (unpaired) electrons. The molecule has 0 bridgehead atoms. The van der Waals surface area contributed by atoms with Crippen LogP contribution < -0.4 is 16.0 Å². The van der Waals surface area contributed by atoms with Gasteiger partial charge in [0.25, 0.3) is 0 Å². The van der Waals surface area contributed by atoms with Crippen LogP contribution in [0.2, 0.25) is 0 Å². The Hall–Kier alpha value is -1.72. The number of hydrogen-bond donors (Lipinski definition) is 6. The van der Waals surface area contributed by atoms with Gasteiger partial charge in [-0.2, -0.15) is 0 Å². The highest BCUT2D eigenvalue weighted by Crippen LogP contribution is 2.50. The number of quaternary nitrogens is 3. The van der Waals surface area contributed by atoms with Crippen molar-refractivity contribution in [3.05, 3.63) is 0 Å². The highest BCUT2D eigenvalue weighted by molar-refractivity contribution is 7.48. The summed E-state index contributed by atoms with van der Waals surface area (Å²) in [6.45, 7) is 10.2. The van der Waals surface area contributed by atoms with E-state index in [-0.39, 0.29) is 57.2 Å². The highest BCUT2D eigenvalue weighted by Gasteiger charge is 2.34. The maximum Gasteiger partial charge on any atom is 0.475 e. The third kappa shape index (κ3) is 66.6. The molecule has 17 heteroatoms. The predicted molar refractivity (Wildman–Crippen MR) is 401 cm³/mol. The van der Waals surface area contributed by atoms with E-state index in [1.54, 1.807) is 0 Å². The van der Waals surface area contributed by atoms with Gasteiger partial charge in [-0.05, 0) is 19.3 Å². The van der Waals surface area contributed by atoms with E-state index in [1.807, 2.05) is 42.3 Å². The van der Waals surface area contributed by atoms with Gasteiger partial charge in [-0.15, -0.1) is 0 Å². The monoisotopic (exact) mass is 1370 g/mol. The average molecular weight is 1380 g/mol. The maximum atomic E-state index is 14.4. The lowest BCUT2D eigenvalue weighted by molar-refractivity contribution is -0.893. The van der Waals surface area contributed by atoms with Crippen molar-refractivity contribution in [1.29, 1.82) is 0 Å². The second kappa shape index (κ2) is 64.4. The molecule has 6 N–H and O–H groups in total. The molecule has 566 valence electrons. The summed E-state index contributed by atoms with van der Waals surface area (Å²) in [4.78, 5) is 37.9. The zero-order chi connectivity index (χ0) is 70.3. The number of carbonyl (C=O) groups is 3. The van der Waals surface area contributed by atoms with Gasteiger partial charge in [0, 0.05) is 58.2 Å².